The number of hydrogen-bond acceptors (Lipinski definition) is 15. The number of phosphoric ester groups is 2. The minimum absolute atomic E-state index is 0.107. The van der Waals surface area contributed by atoms with Gasteiger partial charge in [-0.05, 0) is 31.6 Å². The first-order chi connectivity index (χ1) is 50.6. The van der Waals surface area contributed by atoms with Crippen molar-refractivity contribution in [3.63, 3.8) is 0 Å². The Morgan fingerprint density at radius 2 is 0.462 bits per heavy atom. The van der Waals surface area contributed by atoms with Crippen molar-refractivity contribution >= 4 is 39.5 Å². The summed E-state index contributed by atoms with van der Waals surface area (Å²) in [5.74, 6) is -1.30. The Kier molecular flexibility index (Phi) is 76.3. The number of unbranched alkanes of at least 4 members (excludes halogenated alkanes) is 56. The van der Waals surface area contributed by atoms with Crippen LogP contribution in [0.5, 0.6) is 0 Å². The number of esters is 4. The standard InChI is InChI=1S/C85H166O17P2/c1-6-10-13-16-19-22-25-27-29-31-33-34-35-37-39-41-44-50-55-60-65-70-84(89)101-80(75-96-83(88)69-64-59-54-49-43-40-38-36-32-30-28-26-23-20-17-14-11-7-2)76-99-103(91,92)97-72-79(86)73-98-104(93,94)100-77-81(74-95-82(87)68-63-58-53-48-42-24-21-18-15-12-8-3)102-85(90)71-66-61-56-51-46-45-47-52-57-62-67-78(5)9-4/h78-81,86H,6-77H2,1-5H3,(H,91,92)(H,93,94)/t78?,79-,80-,81-/m1/s1. The van der Waals surface area contributed by atoms with Crippen molar-refractivity contribution in [2.75, 3.05) is 39.6 Å². The molecule has 17 nitrogen and oxygen atoms in total. The van der Waals surface area contributed by atoms with E-state index in [0.29, 0.717) is 25.7 Å². The fourth-order valence-corrected chi connectivity index (χ4v) is 14.8. The minimum atomic E-state index is -4.96. The van der Waals surface area contributed by atoms with Gasteiger partial charge in [-0.2, -0.15) is 0 Å². The summed E-state index contributed by atoms with van der Waals surface area (Å²) in [5.41, 5.74) is 0. The molecule has 0 aliphatic rings. The van der Waals surface area contributed by atoms with Gasteiger partial charge in [0.05, 0.1) is 26.4 Å². The zero-order chi connectivity index (χ0) is 76.2. The number of carbonyl (C=O) groups excluding carboxylic acids is 4. The second-order valence-electron chi connectivity index (χ2n) is 30.8. The summed E-state index contributed by atoms with van der Waals surface area (Å²) in [6, 6.07) is 0. The molecule has 0 bridgehead atoms. The molecule has 19 heteroatoms. The van der Waals surface area contributed by atoms with Crippen molar-refractivity contribution in [1.82, 2.24) is 0 Å². The lowest BCUT2D eigenvalue weighted by Gasteiger charge is -2.21. The van der Waals surface area contributed by atoms with Gasteiger partial charge >= 0.3 is 39.5 Å². The molecule has 0 aliphatic heterocycles. The molecule has 0 aromatic heterocycles. The first-order valence-corrected chi connectivity index (χ1v) is 47.2. The Balaban J connectivity index is 5.23. The highest BCUT2D eigenvalue weighted by atomic mass is 31.2. The zero-order valence-corrected chi connectivity index (χ0v) is 70.0. The molecule has 0 heterocycles. The molecule has 0 saturated heterocycles. The largest absolute Gasteiger partial charge is 0.472 e. The van der Waals surface area contributed by atoms with Crippen LogP contribution in [0.25, 0.3) is 0 Å². The maximum absolute atomic E-state index is 13.1. The third kappa shape index (κ3) is 76.8. The lowest BCUT2D eigenvalue weighted by Crippen LogP contribution is -2.30. The van der Waals surface area contributed by atoms with Crippen LogP contribution in [0.2, 0.25) is 0 Å². The molecule has 0 aromatic rings. The predicted molar refractivity (Wildman–Crippen MR) is 428 cm³/mol. The number of rotatable bonds is 85. The van der Waals surface area contributed by atoms with E-state index in [1.807, 2.05) is 0 Å². The molecule has 0 aliphatic carbocycles. The number of aliphatic hydroxyl groups is 1. The molecular formula is C85H166O17P2. The summed E-state index contributed by atoms with van der Waals surface area (Å²) in [6.07, 6.45) is 70.8. The molecule has 0 aromatic carbocycles. The summed E-state index contributed by atoms with van der Waals surface area (Å²) in [4.78, 5) is 73.2. The average Bonchev–Trinajstić information content (AvgIpc) is 0.909. The summed E-state index contributed by atoms with van der Waals surface area (Å²) >= 11 is 0. The van der Waals surface area contributed by atoms with Gasteiger partial charge < -0.3 is 33.8 Å². The van der Waals surface area contributed by atoms with Crippen molar-refractivity contribution in [2.24, 2.45) is 5.92 Å². The Hall–Kier alpha value is -1.94. The van der Waals surface area contributed by atoms with E-state index in [-0.39, 0.29) is 25.7 Å². The van der Waals surface area contributed by atoms with Gasteiger partial charge in [-0.25, -0.2) is 9.13 Å². The molecule has 0 radical (unpaired) electrons. The highest BCUT2D eigenvalue weighted by molar-refractivity contribution is 7.47. The van der Waals surface area contributed by atoms with Crippen LogP contribution in [0.15, 0.2) is 0 Å². The van der Waals surface area contributed by atoms with Gasteiger partial charge in [0, 0.05) is 25.7 Å². The SMILES string of the molecule is CCCCCCCCCCCCCCCCCCCCCCCC(=O)O[C@H](COC(=O)CCCCCCCCCCCCCCCCCCCC)COP(=O)(O)OC[C@@H](O)COP(=O)(O)OC[C@@H](COC(=O)CCCCCCCCCCCCC)OC(=O)CCCCCCCCCCCCC(C)CC. The third-order valence-electron chi connectivity index (χ3n) is 20.4. The lowest BCUT2D eigenvalue weighted by molar-refractivity contribution is -0.161. The summed E-state index contributed by atoms with van der Waals surface area (Å²) < 4.78 is 68.9. The maximum atomic E-state index is 13.1. The summed E-state index contributed by atoms with van der Waals surface area (Å²) in [5, 5.41) is 10.7. The van der Waals surface area contributed by atoms with Crippen LogP contribution in [-0.4, -0.2) is 96.7 Å². The van der Waals surface area contributed by atoms with Crippen LogP contribution < -0.4 is 0 Å². The maximum Gasteiger partial charge on any atom is 0.472 e. The molecule has 0 spiro atoms. The Labute approximate surface area is 638 Å². The highest BCUT2D eigenvalue weighted by Crippen LogP contribution is 2.45. The van der Waals surface area contributed by atoms with E-state index in [0.717, 1.165) is 95.8 Å². The molecule has 104 heavy (non-hydrogen) atoms. The van der Waals surface area contributed by atoms with Gasteiger partial charge in [0.1, 0.15) is 19.3 Å². The van der Waals surface area contributed by atoms with E-state index < -0.39 is 97.5 Å². The number of aliphatic hydroxyl groups excluding tert-OH is 1. The quantitative estimate of drug-likeness (QED) is 0.0222. The van der Waals surface area contributed by atoms with Crippen LogP contribution in [0.4, 0.5) is 0 Å². The third-order valence-corrected chi connectivity index (χ3v) is 22.3. The fraction of sp³-hybridized carbons (Fsp3) is 0.953. The number of hydrogen-bond donors (Lipinski definition) is 3. The Bertz CT molecular complexity index is 1980. The van der Waals surface area contributed by atoms with Crippen LogP contribution in [0.1, 0.15) is 458 Å². The topological polar surface area (TPSA) is 237 Å². The van der Waals surface area contributed by atoms with Crippen LogP contribution >= 0.6 is 15.6 Å². The molecule has 0 saturated carbocycles. The van der Waals surface area contributed by atoms with Crippen molar-refractivity contribution in [3.05, 3.63) is 0 Å². The van der Waals surface area contributed by atoms with Gasteiger partial charge in [0.2, 0.25) is 0 Å². The minimum Gasteiger partial charge on any atom is -0.462 e. The van der Waals surface area contributed by atoms with Crippen molar-refractivity contribution in [2.45, 2.75) is 477 Å². The van der Waals surface area contributed by atoms with Gasteiger partial charge in [-0.15, -0.1) is 0 Å². The van der Waals surface area contributed by atoms with Crippen LogP contribution in [-0.2, 0) is 65.4 Å². The fourth-order valence-electron chi connectivity index (χ4n) is 13.3. The van der Waals surface area contributed by atoms with E-state index >= 15 is 0 Å². The Morgan fingerprint density at radius 1 is 0.269 bits per heavy atom. The number of carbonyl (C=O) groups is 4. The van der Waals surface area contributed by atoms with Crippen LogP contribution in [0.3, 0.4) is 0 Å². The molecule has 0 fully saturated rings. The zero-order valence-electron chi connectivity index (χ0n) is 68.2. The van der Waals surface area contributed by atoms with Crippen molar-refractivity contribution in [1.29, 1.82) is 0 Å². The van der Waals surface area contributed by atoms with Gasteiger partial charge in [-0.1, -0.05) is 407 Å². The molecule has 3 N–H and O–H groups in total. The van der Waals surface area contributed by atoms with Gasteiger partial charge in [0.15, 0.2) is 12.2 Å². The smallest absolute Gasteiger partial charge is 0.462 e. The lowest BCUT2D eigenvalue weighted by atomic mass is 9.99. The molecule has 0 rings (SSSR count). The summed E-state index contributed by atoms with van der Waals surface area (Å²) in [7, 11) is -9.92. The van der Waals surface area contributed by atoms with E-state index in [2.05, 4.69) is 34.6 Å². The number of phosphoric acid groups is 2. The second-order valence-corrected chi connectivity index (χ2v) is 33.7. The summed E-state index contributed by atoms with van der Waals surface area (Å²) in [6.45, 7) is 7.38. The Morgan fingerprint density at radius 3 is 0.683 bits per heavy atom. The van der Waals surface area contributed by atoms with Crippen LogP contribution in [0, 0.1) is 5.92 Å². The number of ether oxygens (including phenoxy) is 4. The molecule has 3 unspecified atom stereocenters. The first-order valence-electron chi connectivity index (χ1n) is 44.2. The average molecular weight is 1520 g/mol. The van der Waals surface area contributed by atoms with Crippen molar-refractivity contribution in [3.8, 4) is 0 Å². The van der Waals surface area contributed by atoms with E-state index in [1.165, 1.54) is 283 Å². The van der Waals surface area contributed by atoms with E-state index in [1.54, 1.807) is 0 Å². The first kappa shape index (κ1) is 102. The molecule has 0 amide bonds. The molecule has 6 atom stereocenters. The van der Waals surface area contributed by atoms with E-state index in [4.69, 9.17) is 37.0 Å². The second kappa shape index (κ2) is 77.8. The van der Waals surface area contributed by atoms with E-state index in [9.17, 15) is 43.2 Å². The van der Waals surface area contributed by atoms with Gasteiger partial charge in [-0.3, -0.25) is 37.3 Å². The van der Waals surface area contributed by atoms with Crippen molar-refractivity contribution < 1.29 is 80.2 Å². The monoisotopic (exact) mass is 1520 g/mol. The van der Waals surface area contributed by atoms with Gasteiger partial charge in [0.25, 0.3) is 0 Å². The normalized spacial score (nSPS) is 14.0. The highest BCUT2D eigenvalue weighted by Gasteiger charge is 2.30. The molecular weight excluding hydrogens is 1350 g/mol. The predicted octanol–water partition coefficient (Wildman–Crippen LogP) is 26.0. The molecule has 618 valence electrons.